The monoisotopic (exact) mass is 231 g/mol. The Morgan fingerprint density at radius 1 is 1.35 bits per heavy atom. The second kappa shape index (κ2) is 4.17. The lowest BCUT2D eigenvalue weighted by Gasteiger charge is -2.27. The van der Waals surface area contributed by atoms with Crippen LogP contribution in [0.2, 0.25) is 0 Å². The second-order valence-electron chi connectivity index (χ2n) is 5.92. The Morgan fingerprint density at radius 3 is 2.65 bits per heavy atom. The molecule has 0 bridgehead atoms. The van der Waals surface area contributed by atoms with Crippen LogP contribution >= 0.6 is 0 Å². The fraction of sp³-hybridized carbons (Fsp3) is 0.533. The molecule has 1 heterocycles. The van der Waals surface area contributed by atoms with Gasteiger partial charge in [-0.25, -0.2) is 0 Å². The SMILES string of the molecule is CCC1Cc2cc(C(C)(C)C)ccc2NC1=O. The fourth-order valence-corrected chi connectivity index (χ4v) is 2.27. The molecule has 0 spiro atoms. The molecule has 17 heavy (non-hydrogen) atoms. The molecular weight excluding hydrogens is 210 g/mol. The number of nitrogens with one attached hydrogen (secondary N) is 1. The van der Waals surface area contributed by atoms with Crippen LogP contribution in [0, 0.1) is 5.92 Å². The minimum atomic E-state index is 0.137. The summed E-state index contributed by atoms with van der Waals surface area (Å²) in [6.45, 7) is 8.72. The van der Waals surface area contributed by atoms with E-state index in [1.165, 1.54) is 11.1 Å². The first-order chi connectivity index (χ1) is 7.91. The molecule has 2 heteroatoms. The molecule has 0 saturated heterocycles. The third-order valence-corrected chi connectivity index (χ3v) is 3.56. The van der Waals surface area contributed by atoms with Gasteiger partial charge in [-0.2, -0.15) is 0 Å². The van der Waals surface area contributed by atoms with Crippen molar-refractivity contribution in [3.63, 3.8) is 0 Å². The lowest BCUT2D eigenvalue weighted by molar-refractivity contribution is -0.120. The molecule has 0 fully saturated rings. The fourth-order valence-electron chi connectivity index (χ4n) is 2.27. The third-order valence-electron chi connectivity index (χ3n) is 3.56. The molecule has 0 saturated carbocycles. The molecule has 1 aromatic rings. The van der Waals surface area contributed by atoms with Gasteiger partial charge in [0.15, 0.2) is 0 Å². The maximum absolute atomic E-state index is 11.8. The summed E-state index contributed by atoms with van der Waals surface area (Å²) >= 11 is 0. The molecule has 1 unspecified atom stereocenters. The number of fused-ring (bicyclic) bond motifs is 1. The van der Waals surface area contributed by atoms with Gasteiger partial charge in [-0.15, -0.1) is 0 Å². The Hall–Kier alpha value is -1.31. The van der Waals surface area contributed by atoms with Crippen molar-refractivity contribution >= 4 is 11.6 Å². The number of hydrogen-bond donors (Lipinski definition) is 1. The van der Waals surface area contributed by atoms with Crippen LogP contribution in [0.15, 0.2) is 18.2 Å². The van der Waals surface area contributed by atoms with Crippen LogP contribution in [-0.2, 0) is 16.6 Å². The number of anilines is 1. The van der Waals surface area contributed by atoms with Crippen molar-refractivity contribution < 1.29 is 4.79 Å². The summed E-state index contributed by atoms with van der Waals surface area (Å²) < 4.78 is 0. The van der Waals surface area contributed by atoms with Crippen molar-refractivity contribution in [3.8, 4) is 0 Å². The lowest BCUT2D eigenvalue weighted by Crippen LogP contribution is -2.29. The van der Waals surface area contributed by atoms with Gasteiger partial charge in [-0.1, -0.05) is 39.8 Å². The van der Waals surface area contributed by atoms with Crippen molar-refractivity contribution in [3.05, 3.63) is 29.3 Å². The zero-order valence-electron chi connectivity index (χ0n) is 11.1. The van der Waals surface area contributed by atoms with E-state index in [-0.39, 0.29) is 17.2 Å². The zero-order valence-corrected chi connectivity index (χ0v) is 11.1. The van der Waals surface area contributed by atoms with Crippen LogP contribution in [0.25, 0.3) is 0 Å². The van der Waals surface area contributed by atoms with Crippen molar-refractivity contribution in [2.24, 2.45) is 5.92 Å². The van der Waals surface area contributed by atoms with Gasteiger partial charge in [0.2, 0.25) is 5.91 Å². The first-order valence-corrected chi connectivity index (χ1v) is 6.36. The molecule has 92 valence electrons. The summed E-state index contributed by atoms with van der Waals surface area (Å²) in [5, 5.41) is 3.00. The molecule has 1 N–H and O–H groups in total. The lowest BCUT2D eigenvalue weighted by atomic mass is 9.83. The van der Waals surface area contributed by atoms with Crippen molar-refractivity contribution in [2.75, 3.05) is 5.32 Å². The van der Waals surface area contributed by atoms with Gasteiger partial charge in [-0.3, -0.25) is 4.79 Å². The van der Waals surface area contributed by atoms with Gasteiger partial charge in [0.25, 0.3) is 0 Å². The van der Waals surface area contributed by atoms with Crippen LogP contribution in [-0.4, -0.2) is 5.91 Å². The number of amides is 1. The van der Waals surface area contributed by atoms with E-state index < -0.39 is 0 Å². The molecule has 1 amide bonds. The molecule has 0 aliphatic carbocycles. The molecular formula is C15H21NO. The smallest absolute Gasteiger partial charge is 0.227 e. The summed E-state index contributed by atoms with van der Waals surface area (Å²) in [4.78, 5) is 11.8. The number of carbonyl (C=O) groups is 1. The Balaban J connectivity index is 2.37. The van der Waals surface area contributed by atoms with Crippen LogP contribution in [0.3, 0.4) is 0 Å². The van der Waals surface area contributed by atoms with E-state index in [1.807, 2.05) is 6.07 Å². The summed E-state index contributed by atoms with van der Waals surface area (Å²) in [5.41, 5.74) is 3.77. The average molecular weight is 231 g/mol. The molecule has 2 rings (SSSR count). The summed E-state index contributed by atoms with van der Waals surface area (Å²) in [6.07, 6.45) is 1.78. The maximum Gasteiger partial charge on any atom is 0.227 e. The van der Waals surface area contributed by atoms with E-state index >= 15 is 0 Å². The molecule has 1 aromatic carbocycles. The zero-order chi connectivity index (χ0) is 12.6. The van der Waals surface area contributed by atoms with E-state index in [1.54, 1.807) is 0 Å². The van der Waals surface area contributed by atoms with Crippen LogP contribution in [0.5, 0.6) is 0 Å². The highest BCUT2D eigenvalue weighted by Gasteiger charge is 2.25. The van der Waals surface area contributed by atoms with E-state index in [0.29, 0.717) is 0 Å². The van der Waals surface area contributed by atoms with Crippen LogP contribution < -0.4 is 5.32 Å². The number of carbonyl (C=O) groups excluding carboxylic acids is 1. The molecule has 0 radical (unpaired) electrons. The molecule has 2 nitrogen and oxygen atoms in total. The summed E-state index contributed by atoms with van der Waals surface area (Å²) in [6, 6.07) is 6.41. The quantitative estimate of drug-likeness (QED) is 0.787. The summed E-state index contributed by atoms with van der Waals surface area (Å²) in [5.74, 6) is 0.307. The van der Waals surface area contributed by atoms with Gasteiger partial charge < -0.3 is 5.32 Å². The van der Waals surface area contributed by atoms with Crippen molar-refractivity contribution in [1.82, 2.24) is 0 Å². The predicted octanol–water partition coefficient (Wildman–Crippen LogP) is 3.50. The Morgan fingerprint density at radius 2 is 2.06 bits per heavy atom. The minimum Gasteiger partial charge on any atom is -0.326 e. The highest BCUT2D eigenvalue weighted by molar-refractivity contribution is 5.95. The van der Waals surface area contributed by atoms with Gasteiger partial charge >= 0.3 is 0 Å². The van der Waals surface area contributed by atoms with E-state index in [4.69, 9.17) is 0 Å². The van der Waals surface area contributed by atoms with E-state index in [2.05, 4.69) is 45.1 Å². The highest BCUT2D eigenvalue weighted by Crippen LogP contribution is 2.31. The minimum absolute atomic E-state index is 0.137. The number of hydrogen-bond acceptors (Lipinski definition) is 1. The van der Waals surface area contributed by atoms with Gasteiger partial charge in [0.05, 0.1) is 0 Å². The van der Waals surface area contributed by atoms with Crippen molar-refractivity contribution in [1.29, 1.82) is 0 Å². The Bertz CT molecular complexity index is 443. The topological polar surface area (TPSA) is 29.1 Å². The van der Waals surface area contributed by atoms with Gasteiger partial charge in [0.1, 0.15) is 0 Å². The number of benzene rings is 1. The van der Waals surface area contributed by atoms with Crippen molar-refractivity contribution in [2.45, 2.75) is 46.0 Å². The van der Waals surface area contributed by atoms with Crippen LogP contribution in [0.4, 0.5) is 5.69 Å². The normalized spacial score (nSPS) is 19.8. The highest BCUT2D eigenvalue weighted by atomic mass is 16.1. The Kier molecular flexibility index (Phi) is 2.98. The standard InChI is InChI=1S/C15H21NO/c1-5-10-8-11-9-12(15(2,3)4)6-7-13(11)16-14(10)17/h6-7,9-10H,5,8H2,1-4H3,(H,16,17). The molecule has 1 aliphatic rings. The van der Waals surface area contributed by atoms with Crippen LogP contribution in [0.1, 0.15) is 45.2 Å². The number of rotatable bonds is 1. The van der Waals surface area contributed by atoms with Gasteiger partial charge in [-0.05, 0) is 35.4 Å². The van der Waals surface area contributed by atoms with Gasteiger partial charge in [0, 0.05) is 11.6 Å². The first-order valence-electron chi connectivity index (χ1n) is 6.36. The molecule has 1 aliphatic heterocycles. The molecule has 1 atom stereocenters. The van der Waals surface area contributed by atoms with E-state index in [0.717, 1.165) is 18.5 Å². The predicted molar refractivity (Wildman–Crippen MR) is 71.3 cm³/mol. The van der Waals surface area contributed by atoms with E-state index in [9.17, 15) is 4.79 Å². The Labute approximate surface area is 103 Å². The maximum atomic E-state index is 11.8. The summed E-state index contributed by atoms with van der Waals surface area (Å²) in [7, 11) is 0. The molecule has 0 aromatic heterocycles. The largest absolute Gasteiger partial charge is 0.326 e. The average Bonchev–Trinajstić information content (AvgIpc) is 2.26. The first kappa shape index (κ1) is 12.2. The third kappa shape index (κ3) is 2.36. The second-order valence-corrected chi connectivity index (χ2v) is 5.92.